The number of methoxy groups -OCH3 is 1. The minimum atomic E-state index is -1.26. The molecular weight excluding hydrogens is 876 g/mol. The maximum atomic E-state index is 13.9. The summed E-state index contributed by atoms with van der Waals surface area (Å²) in [5, 5.41) is 14.7. The molecule has 354 valence electrons. The number of nitrogens with zero attached hydrogens (tertiary/aromatic N) is 4. The van der Waals surface area contributed by atoms with Crippen LogP contribution < -0.4 is 15.4 Å². The first-order chi connectivity index (χ1) is 31.4. The number of imide groups is 1. The lowest BCUT2D eigenvalue weighted by Crippen LogP contribution is -2.51. The zero-order valence-electron chi connectivity index (χ0n) is 38.1. The molecule has 3 aliphatic heterocycles. The maximum absolute atomic E-state index is 13.9. The number of amides is 4. The second kappa shape index (κ2) is 21.4. The molecule has 0 bridgehead atoms. The minimum absolute atomic E-state index is 0.00729. The molecule has 7 atom stereocenters. The molecule has 0 saturated carbocycles. The summed E-state index contributed by atoms with van der Waals surface area (Å²) >= 11 is 6.36. The Kier molecular flexibility index (Phi) is 16.0. The van der Waals surface area contributed by atoms with Crippen LogP contribution in [0.2, 0.25) is 5.02 Å². The molecular formula is C47H57ClN6O12. The summed E-state index contributed by atoms with van der Waals surface area (Å²) in [6, 6.07) is 11.7. The molecule has 0 radical (unpaired) electrons. The van der Waals surface area contributed by atoms with Crippen molar-refractivity contribution in [3.8, 4) is 5.75 Å². The highest BCUT2D eigenvalue weighted by molar-refractivity contribution is 6.32. The Morgan fingerprint density at radius 1 is 0.985 bits per heavy atom. The topological polar surface area (TPSA) is 227 Å². The minimum Gasteiger partial charge on any atom is -0.495 e. The summed E-state index contributed by atoms with van der Waals surface area (Å²) in [5.41, 5.74) is 1.49. The first-order valence-corrected chi connectivity index (χ1v) is 22.5. The lowest BCUT2D eigenvalue weighted by atomic mass is 9.92. The van der Waals surface area contributed by atoms with Crippen molar-refractivity contribution in [2.75, 3.05) is 13.7 Å². The molecule has 19 heteroatoms. The van der Waals surface area contributed by atoms with Crippen molar-refractivity contribution < 1.29 is 57.3 Å². The number of carbonyl (C=O) groups excluding carboxylic acids is 7. The van der Waals surface area contributed by atoms with Gasteiger partial charge in [-0.25, -0.2) is 14.3 Å². The fraction of sp³-hybridized carbons (Fsp3) is 0.511. The van der Waals surface area contributed by atoms with Crippen molar-refractivity contribution in [1.29, 1.82) is 0 Å². The van der Waals surface area contributed by atoms with Gasteiger partial charge in [0.05, 0.1) is 35.9 Å². The fourth-order valence-corrected chi connectivity index (χ4v) is 7.96. The van der Waals surface area contributed by atoms with Crippen LogP contribution in [0.3, 0.4) is 0 Å². The number of nitrogens with one attached hydrogen (secondary N) is 2. The molecule has 0 spiro atoms. The van der Waals surface area contributed by atoms with Crippen molar-refractivity contribution in [3.05, 3.63) is 88.2 Å². The van der Waals surface area contributed by atoms with Gasteiger partial charge in [-0.15, -0.1) is 10.2 Å². The van der Waals surface area contributed by atoms with E-state index in [2.05, 4.69) is 20.9 Å². The average molecular weight is 933 g/mol. The normalized spacial score (nSPS) is 24.2. The van der Waals surface area contributed by atoms with Crippen LogP contribution >= 0.6 is 11.6 Å². The van der Waals surface area contributed by atoms with E-state index in [1.54, 1.807) is 55.9 Å². The van der Waals surface area contributed by atoms with Crippen molar-refractivity contribution in [2.24, 2.45) is 17.3 Å². The van der Waals surface area contributed by atoms with Crippen molar-refractivity contribution >= 4 is 53.1 Å². The SMILES string of the molecule is CCC(C(=O)ON1C(=O)CCC1=O)c1cn(Cc2ccc([C@H]3O[C@@H]3[C@@H](C)[C@@H]3C/C=C\C(=O)N[C@H](Cc4ccc(OC)c(Cl)c4)C(=O)NCC(C)(C)C(=O)O[C@@H](CC(C)C)C(=O)O3)cc2)nn1. The smallest absolute Gasteiger partial charge is 0.347 e. The number of halogens is 1. The van der Waals surface area contributed by atoms with E-state index in [9.17, 15) is 33.6 Å². The molecule has 4 amide bonds. The quantitative estimate of drug-likeness (QED) is 0.125. The van der Waals surface area contributed by atoms with Gasteiger partial charge in [0, 0.05) is 44.3 Å². The monoisotopic (exact) mass is 932 g/mol. The lowest BCUT2D eigenvalue weighted by Gasteiger charge is -2.29. The Bertz CT molecular complexity index is 2310. The summed E-state index contributed by atoms with van der Waals surface area (Å²) in [6.45, 7) is 10.8. The van der Waals surface area contributed by atoms with E-state index in [0.717, 1.165) is 11.1 Å². The summed E-state index contributed by atoms with van der Waals surface area (Å²) in [6.07, 6.45) is 2.44. The molecule has 18 nitrogen and oxygen atoms in total. The van der Waals surface area contributed by atoms with Crippen LogP contribution in [0, 0.1) is 17.3 Å². The third-order valence-corrected chi connectivity index (χ3v) is 12.0. The van der Waals surface area contributed by atoms with Crippen molar-refractivity contribution in [2.45, 2.75) is 123 Å². The van der Waals surface area contributed by atoms with Gasteiger partial charge in [-0.05, 0) is 67.5 Å². The van der Waals surface area contributed by atoms with Crippen LogP contribution in [-0.4, -0.2) is 99.6 Å². The number of hydrogen-bond donors (Lipinski definition) is 2. The third-order valence-electron chi connectivity index (χ3n) is 11.7. The molecule has 1 unspecified atom stereocenters. The first-order valence-electron chi connectivity index (χ1n) is 22.1. The van der Waals surface area contributed by atoms with Crippen molar-refractivity contribution in [1.82, 2.24) is 30.7 Å². The lowest BCUT2D eigenvalue weighted by molar-refractivity contribution is -0.198. The molecule has 2 N–H and O–H groups in total. The van der Waals surface area contributed by atoms with E-state index in [1.165, 1.54) is 13.2 Å². The number of carbonyl (C=O) groups is 7. The van der Waals surface area contributed by atoms with Crippen LogP contribution in [0.5, 0.6) is 5.75 Å². The highest BCUT2D eigenvalue weighted by atomic mass is 35.5. The molecule has 0 aliphatic carbocycles. The number of esters is 2. The zero-order valence-corrected chi connectivity index (χ0v) is 38.9. The second-order valence-corrected chi connectivity index (χ2v) is 18.3. The van der Waals surface area contributed by atoms with Gasteiger partial charge in [0.2, 0.25) is 11.8 Å². The molecule has 66 heavy (non-hydrogen) atoms. The molecule has 3 aromatic rings. The number of ether oxygens (including phenoxy) is 4. The van der Waals surface area contributed by atoms with Gasteiger partial charge in [0.25, 0.3) is 11.8 Å². The van der Waals surface area contributed by atoms with E-state index in [1.807, 2.05) is 45.0 Å². The Balaban J connectivity index is 1.14. The number of cyclic esters (lactones) is 2. The van der Waals surface area contributed by atoms with Gasteiger partial charge in [-0.2, -0.15) is 0 Å². The molecule has 6 rings (SSSR count). The predicted molar refractivity (Wildman–Crippen MR) is 236 cm³/mol. The van der Waals surface area contributed by atoms with Crippen LogP contribution in [-0.2, 0) is 65.6 Å². The third kappa shape index (κ3) is 12.4. The van der Waals surface area contributed by atoms with Gasteiger partial charge >= 0.3 is 17.9 Å². The molecule has 4 heterocycles. The van der Waals surface area contributed by atoms with Gasteiger partial charge in [0.15, 0.2) is 6.10 Å². The maximum Gasteiger partial charge on any atom is 0.347 e. The number of epoxide rings is 1. The number of hydroxylamine groups is 2. The summed E-state index contributed by atoms with van der Waals surface area (Å²) in [5.74, 6) is -5.22. The van der Waals surface area contributed by atoms with Crippen LogP contribution in [0.4, 0.5) is 0 Å². The molecule has 3 aliphatic rings. The summed E-state index contributed by atoms with van der Waals surface area (Å²) in [4.78, 5) is 96.4. The number of hydrogen-bond acceptors (Lipinski definition) is 14. The number of rotatable bonds is 14. The molecule has 1 aromatic heterocycles. The Labute approximate surface area is 387 Å². The second-order valence-electron chi connectivity index (χ2n) is 17.9. The van der Waals surface area contributed by atoms with E-state index in [-0.39, 0.29) is 62.7 Å². The van der Waals surface area contributed by atoms with Crippen LogP contribution in [0.25, 0.3) is 0 Å². The van der Waals surface area contributed by atoms with Gasteiger partial charge < -0.3 is 34.4 Å². The van der Waals surface area contributed by atoms with Crippen molar-refractivity contribution in [3.63, 3.8) is 0 Å². The van der Waals surface area contributed by atoms with E-state index in [4.69, 9.17) is 35.4 Å². The highest BCUT2D eigenvalue weighted by Crippen LogP contribution is 2.45. The Morgan fingerprint density at radius 3 is 2.33 bits per heavy atom. The fourth-order valence-electron chi connectivity index (χ4n) is 7.68. The van der Waals surface area contributed by atoms with Gasteiger partial charge in [-0.3, -0.25) is 24.0 Å². The standard InChI is InChI=1S/C47H57ClN6O12/c1-8-31(44(59)66-54-39(56)18-19-40(54)57)34-24-53(52-51-34)23-28-12-15-30(16-13-28)42-41(65-42)27(4)35-10-9-11-38(55)50-33(22-29-14-17-36(62-7)32(48)21-29)43(58)49-25-47(5,6)46(61)64-37(20-26(2)3)45(60)63-35/h9,11-17,21,24,26-27,31,33,35,37,41-42H,8,10,18-20,22-23,25H2,1-7H3,(H,49,58)(H,50,55)/b11-9-/t27-,31?,33+,35-,37-,41+,42+/m0/s1. The molecule has 2 fully saturated rings. The van der Waals surface area contributed by atoms with E-state index < -0.39 is 71.1 Å². The Morgan fingerprint density at radius 2 is 1.68 bits per heavy atom. The zero-order chi connectivity index (χ0) is 47.9. The first kappa shape index (κ1) is 49.3. The van der Waals surface area contributed by atoms with E-state index >= 15 is 0 Å². The van der Waals surface area contributed by atoms with Crippen LogP contribution in [0.15, 0.2) is 60.8 Å². The summed E-state index contributed by atoms with van der Waals surface area (Å²) < 4.78 is 25.0. The largest absolute Gasteiger partial charge is 0.495 e. The highest BCUT2D eigenvalue weighted by Gasteiger charge is 2.48. The number of aromatic nitrogens is 3. The van der Waals surface area contributed by atoms with E-state index in [0.29, 0.717) is 40.1 Å². The Hall–Kier alpha value is -6.14. The van der Waals surface area contributed by atoms with Gasteiger partial charge in [0.1, 0.15) is 29.9 Å². The molecule has 2 saturated heterocycles. The molecule has 2 aromatic carbocycles. The predicted octanol–water partition coefficient (Wildman–Crippen LogP) is 4.86. The average Bonchev–Trinajstić information content (AvgIpc) is 3.85. The van der Waals surface area contributed by atoms with Gasteiger partial charge in [-0.1, -0.05) is 80.9 Å². The van der Waals surface area contributed by atoms with Crippen LogP contribution in [0.1, 0.15) is 108 Å². The summed E-state index contributed by atoms with van der Waals surface area (Å²) in [7, 11) is 1.49. The number of benzene rings is 2.